The quantitative estimate of drug-likeness (QED) is 0.309. The van der Waals surface area contributed by atoms with E-state index in [0.717, 1.165) is 30.8 Å². The summed E-state index contributed by atoms with van der Waals surface area (Å²) in [6.07, 6.45) is 7.72. The number of nitrogens with two attached hydrogens (primary N) is 1. The van der Waals surface area contributed by atoms with Gasteiger partial charge in [0.2, 0.25) is 5.91 Å². The van der Waals surface area contributed by atoms with Gasteiger partial charge in [-0.1, -0.05) is 18.2 Å². The molecule has 1 saturated heterocycles. The molecule has 2 aliphatic rings. The number of rotatable bonds is 10. The Morgan fingerprint density at radius 2 is 1.92 bits per heavy atom. The summed E-state index contributed by atoms with van der Waals surface area (Å²) in [4.78, 5) is 37.6. The van der Waals surface area contributed by atoms with E-state index in [1.165, 1.54) is 38.2 Å². The molecule has 0 bridgehead atoms. The molecule has 1 aromatic carbocycles. The van der Waals surface area contributed by atoms with E-state index < -0.39 is 24.1 Å². The number of carbonyl (C=O) groups excluding carboxylic acids is 1. The third kappa shape index (κ3) is 5.19. The van der Waals surface area contributed by atoms with Gasteiger partial charge in [-0.05, 0) is 68.7 Å². The van der Waals surface area contributed by atoms with Gasteiger partial charge in [-0.25, -0.2) is 9.78 Å². The fourth-order valence-corrected chi connectivity index (χ4v) is 5.17. The molecule has 5 N–H and O–H groups in total. The summed E-state index contributed by atoms with van der Waals surface area (Å²) in [5.74, 6) is -1.36. The molecule has 37 heavy (non-hydrogen) atoms. The molecule has 5 rings (SSSR count). The van der Waals surface area contributed by atoms with E-state index >= 15 is 0 Å². The van der Waals surface area contributed by atoms with E-state index in [1.807, 2.05) is 24.3 Å². The van der Waals surface area contributed by atoms with Crippen LogP contribution in [-0.2, 0) is 4.79 Å². The zero-order chi connectivity index (χ0) is 25.8. The van der Waals surface area contributed by atoms with Crippen molar-refractivity contribution < 1.29 is 14.7 Å². The first-order valence-electron chi connectivity index (χ1n) is 12.6. The summed E-state index contributed by atoms with van der Waals surface area (Å²) in [7, 11) is 0. The fourth-order valence-electron chi connectivity index (χ4n) is 5.17. The Hall–Kier alpha value is -4.18. The lowest BCUT2D eigenvalue weighted by Gasteiger charge is -2.33. The predicted molar refractivity (Wildman–Crippen MR) is 141 cm³/mol. The summed E-state index contributed by atoms with van der Waals surface area (Å²) in [6.45, 7) is 4.38. The summed E-state index contributed by atoms with van der Waals surface area (Å²) < 4.78 is 0. The topological polar surface area (TPSA) is 137 Å². The largest absolute Gasteiger partial charge is 0.478 e. The van der Waals surface area contributed by atoms with Gasteiger partial charge in [-0.15, -0.1) is 0 Å². The number of pyridine rings is 2. The van der Waals surface area contributed by atoms with E-state index in [-0.39, 0.29) is 5.56 Å². The van der Waals surface area contributed by atoms with Crippen molar-refractivity contribution in [3.05, 3.63) is 77.7 Å². The molecule has 4 heterocycles. The lowest BCUT2D eigenvalue weighted by molar-refractivity contribution is -0.119. The van der Waals surface area contributed by atoms with E-state index in [4.69, 9.17) is 5.73 Å². The molecule has 0 radical (unpaired) electrons. The maximum Gasteiger partial charge on any atom is 0.338 e. The molecule has 3 aromatic rings. The highest BCUT2D eigenvalue weighted by Crippen LogP contribution is 2.47. The number of nitrogens with one attached hydrogen (secondary N) is 2. The Balaban J connectivity index is 1.41. The number of anilines is 3. The SMILES string of the molecule is NC(=O)C(c1cccnc1)N1c2c(C(=O)O)ccnc2NC1c1ccc(NCCCN2CCCC2)cc1. The highest BCUT2D eigenvalue weighted by molar-refractivity contribution is 6.01. The van der Waals surface area contributed by atoms with Gasteiger partial charge in [0.15, 0.2) is 5.82 Å². The summed E-state index contributed by atoms with van der Waals surface area (Å²) in [5, 5.41) is 16.7. The normalized spacial score (nSPS) is 17.7. The number of aromatic carboxylic acids is 1. The number of likely N-dealkylation sites (tertiary alicyclic amines) is 1. The minimum absolute atomic E-state index is 0.0337. The molecular weight excluding hydrogens is 470 g/mol. The van der Waals surface area contributed by atoms with Crippen LogP contribution in [0.5, 0.6) is 0 Å². The lowest BCUT2D eigenvalue weighted by atomic mass is 10.0. The number of carboxylic acids is 1. The van der Waals surface area contributed by atoms with E-state index in [0.29, 0.717) is 17.1 Å². The van der Waals surface area contributed by atoms with Crippen LogP contribution in [0.3, 0.4) is 0 Å². The number of carboxylic acid groups (broad SMARTS) is 1. The third-order valence-corrected chi connectivity index (χ3v) is 6.92. The van der Waals surface area contributed by atoms with Crippen LogP contribution in [-0.4, -0.2) is 58.0 Å². The van der Waals surface area contributed by atoms with Crippen LogP contribution < -0.4 is 21.3 Å². The van der Waals surface area contributed by atoms with Crippen LogP contribution in [0.4, 0.5) is 17.2 Å². The first kappa shape index (κ1) is 24.5. The second-order valence-corrected chi connectivity index (χ2v) is 9.36. The Bertz CT molecular complexity index is 1250. The number of amides is 1. The number of nitrogens with zero attached hydrogens (tertiary/aromatic N) is 4. The first-order valence-corrected chi connectivity index (χ1v) is 12.6. The summed E-state index contributed by atoms with van der Waals surface area (Å²) >= 11 is 0. The van der Waals surface area contributed by atoms with Crippen LogP contribution in [0.1, 0.15) is 53.0 Å². The smallest absolute Gasteiger partial charge is 0.338 e. The van der Waals surface area contributed by atoms with E-state index in [2.05, 4.69) is 25.5 Å². The van der Waals surface area contributed by atoms with Crippen molar-refractivity contribution in [1.82, 2.24) is 14.9 Å². The van der Waals surface area contributed by atoms with E-state index in [9.17, 15) is 14.7 Å². The van der Waals surface area contributed by atoms with Crippen LogP contribution in [0.2, 0.25) is 0 Å². The predicted octanol–water partition coefficient (Wildman–Crippen LogP) is 3.23. The second kappa shape index (κ2) is 10.8. The highest BCUT2D eigenvalue weighted by atomic mass is 16.4. The Labute approximate surface area is 215 Å². The van der Waals surface area contributed by atoms with Crippen molar-refractivity contribution in [1.29, 1.82) is 0 Å². The fraction of sp³-hybridized carbons (Fsp3) is 0.333. The number of benzene rings is 1. The number of hydrogen-bond donors (Lipinski definition) is 4. The van der Waals surface area contributed by atoms with Crippen molar-refractivity contribution in [2.75, 3.05) is 41.7 Å². The van der Waals surface area contributed by atoms with Crippen molar-refractivity contribution in [2.45, 2.75) is 31.5 Å². The van der Waals surface area contributed by atoms with Crippen LogP contribution in [0.25, 0.3) is 0 Å². The van der Waals surface area contributed by atoms with Gasteiger partial charge >= 0.3 is 5.97 Å². The molecule has 10 heteroatoms. The number of carbonyl (C=O) groups is 2. The highest BCUT2D eigenvalue weighted by Gasteiger charge is 2.41. The van der Waals surface area contributed by atoms with E-state index in [1.54, 1.807) is 29.4 Å². The van der Waals surface area contributed by atoms with Gasteiger partial charge in [-0.2, -0.15) is 0 Å². The van der Waals surface area contributed by atoms with Crippen molar-refractivity contribution in [2.24, 2.45) is 5.73 Å². The lowest BCUT2D eigenvalue weighted by Crippen LogP contribution is -2.40. The monoisotopic (exact) mass is 501 g/mol. The minimum Gasteiger partial charge on any atom is -0.478 e. The standard InChI is InChI=1S/C27H31N7O3/c28-24(35)22(19-5-3-11-29-17-19)34-23-21(27(36)37)10-13-31-25(23)32-26(34)18-6-8-20(9-7-18)30-12-4-16-33-14-1-2-15-33/h3,5-11,13,17,22,26,30H,1-2,4,12,14-16H2,(H2,28,35)(H,31,32)(H,36,37). The molecule has 10 nitrogen and oxygen atoms in total. The zero-order valence-electron chi connectivity index (χ0n) is 20.5. The number of hydrogen-bond acceptors (Lipinski definition) is 8. The van der Waals surface area contributed by atoms with Crippen molar-refractivity contribution >= 4 is 29.1 Å². The van der Waals surface area contributed by atoms with Gasteiger partial charge in [0, 0.05) is 36.4 Å². The van der Waals surface area contributed by atoms with Crippen molar-refractivity contribution in [3.63, 3.8) is 0 Å². The molecule has 1 amide bonds. The van der Waals surface area contributed by atoms with Gasteiger partial charge < -0.3 is 31.3 Å². The molecule has 1 fully saturated rings. The average Bonchev–Trinajstić information content (AvgIpc) is 3.56. The van der Waals surface area contributed by atoms with Crippen LogP contribution in [0.15, 0.2) is 61.1 Å². The number of fused-ring (bicyclic) bond motifs is 1. The molecular formula is C27H31N7O3. The molecule has 192 valence electrons. The summed E-state index contributed by atoms with van der Waals surface area (Å²) in [6, 6.07) is 11.8. The third-order valence-electron chi connectivity index (χ3n) is 6.92. The molecule has 0 spiro atoms. The number of aromatic nitrogens is 2. The van der Waals surface area contributed by atoms with Crippen LogP contribution in [0, 0.1) is 0 Å². The van der Waals surface area contributed by atoms with Crippen LogP contribution >= 0.6 is 0 Å². The molecule has 2 atom stereocenters. The second-order valence-electron chi connectivity index (χ2n) is 9.36. The van der Waals surface area contributed by atoms with Gasteiger partial charge in [0.25, 0.3) is 0 Å². The molecule has 2 unspecified atom stereocenters. The Kier molecular flexibility index (Phi) is 7.18. The van der Waals surface area contributed by atoms with Gasteiger partial charge in [-0.3, -0.25) is 9.78 Å². The zero-order valence-corrected chi connectivity index (χ0v) is 20.5. The van der Waals surface area contributed by atoms with Gasteiger partial charge in [0.1, 0.15) is 12.2 Å². The Morgan fingerprint density at radius 3 is 2.59 bits per heavy atom. The molecule has 2 aliphatic heterocycles. The Morgan fingerprint density at radius 1 is 1.14 bits per heavy atom. The molecule has 2 aromatic heterocycles. The number of primary amides is 1. The molecule has 0 saturated carbocycles. The maximum atomic E-state index is 12.8. The summed E-state index contributed by atoms with van der Waals surface area (Å²) in [5.41, 5.74) is 8.64. The maximum absolute atomic E-state index is 12.8. The average molecular weight is 502 g/mol. The van der Waals surface area contributed by atoms with Crippen molar-refractivity contribution in [3.8, 4) is 0 Å². The minimum atomic E-state index is -1.12. The first-order chi connectivity index (χ1) is 18.0. The molecule has 0 aliphatic carbocycles. The van der Waals surface area contributed by atoms with Gasteiger partial charge in [0.05, 0.1) is 11.3 Å².